The van der Waals surface area contributed by atoms with Gasteiger partial charge in [0.05, 0.1) is 12.8 Å². The van der Waals surface area contributed by atoms with Gasteiger partial charge < -0.3 is 14.6 Å². The molecular formula is C15H23N3O2. The molecule has 2 fully saturated rings. The summed E-state index contributed by atoms with van der Waals surface area (Å²) in [4.78, 5) is 16.6. The maximum Gasteiger partial charge on any atom is 0.222 e. The normalized spacial score (nSPS) is 24.2. The van der Waals surface area contributed by atoms with Crippen molar-refractivity contribution in [2.75, 3.05) is 39.3 Å². The van der Waals surface area contributed by atoms with Crippen LogP contribution in [0.4, 0.5) is 0 Å². The molecule has 5 nitrogen and oxygen atoms in total. The van der Waals surface area contributed by atoms with Gasteiger partial charge in [0.2, 0.25) is 5.91 Å². The van der Waals surface area contributed by atoms with Gasteiger partial charge in [-0.25, -0.2) is 0 Å². The quantitative estimate of drug-likeness (QED) is 0.889. The molecule has 0 bridgehead atoms. The molecule has 0 aromatic carbocycles. The molecule has 1 N–H and O–H groups in total. The second kappa shape index (κ2) is 6.41. The standard InChI is InChI=1S/C15H23N3O2/c19-15(10-13-3-4-16-11-13)18-7-5-17(6-8-18)12-14-2-1-9-20-14/h1-2,9,13,16H,3-8,10-12H2. The minimum Gasteiger partial charge on any atom is -0.468 e. The van der Waals surface area contributed by atoms with Crippen molar-refractivity contribution in [2.45, 2.75) is 19.4 Å². The molecule has 0 saturated carbocycles. The molecule has 1 aromatic rings. The lowest BCUT2D eigenvalue weighted by atomic mass is 10.0. The molecule has 0 radical (unpaired) electrons. The molecule has 2 saturated heterocycles. The number of rotatable bonds is 4. The summed E-state index contributed by atoms with van der Waals surface area (Å²) in [5.41, 5.74) is 0. The van der Waals surface area contributed by atoms with Crippen molar-refractivity contribution in [1.29, 1.82) is 0 Å². The van der Waals surface area contributed by atoms with Crippen LogP contribution in [-0.2, 0) is 11.3 Å². The van der Waals surface area contributed by atoms with E-state index >= 15 is 0 Å². The van der Waals surface area contributed by atoms with Crippen molar-refractivity contribution < 1.29 is 9.21 Å². The average molecular weight is 277 g/mol. The monoisotopic (exact) mass is 277 g/mol. The number of carbonyl (C=O) groups is 1. The Hall–Kier alpha value is -1.33. The fourth-order valence-corrected chi connectivity index (χ4v) is 3.04. The Labute approximate surface area is 119 Å². The van der Waals surface area contributed by atoms with E-state index < -0.39 is 0 Å². The van der Waals surface area contributed by atoms with E-state index in [0.29, 0.717) is 18.2 Å². The summed E-state index contributed by atoms with van der Waals surface area (Å²) in [6, 6.07) is 3.93. The van der Waals surface area contributed by atoms with E-state index in [4.69, 9.17) is 4.42 Å². The average Bonchev–Trinajstić information content (AvgIpc) is 3.13. The van der Waals surface area contributed by atoms with E-state index in [9.17, 15) is 4.79 Å². The number of amides is 1. The van der Waals surface area contributed by atoms with E-state index in [1.54, 1.807) is 6.26 Å². The van der Waals surface area contributed by atoms with Crippen LogP contribution in [-0.4, -0.2) is 55.0 Å². The number of furan rings is 1. The van der Waals surface area contributed by atoms with E-state index in [-0.39, 0.29) is 0 Å². The molecule has 1 aromatic heterocycles. The van der Waals surface area contributed by atoms with Crippen molar-refractivity contribution in [3.63, 3.8) is 0 Å². The van der Waals surface area contributed by atoms with Gasteiger partial charge in [-0.3, -0.25) is 9.69 Å². The lowest BCUT2D eigenvalue weighted by molar-refractivity contribution is -0.133. The molecule has 0 spiro atoms. The third kappa shape index (κ3) is 3.41. The summed E-state index contributed by atoms with van der Waals surface area (Å²) in [7, 11) is 0. The van der Waals surface area contributed by atoms with Crippen LogP contribution in [0.3, 0.4) is 0 Å². The van der Waals surface area contributed by atoms with Gasteiger partial charge in [0, 0.05) is 32.6 Å². The third-order valence-corrected chi connectivity index (χ3v) is 4.31. The molecule has 1 amide bonds. The summed E-state index contributed by atoms with van der Waals surface area (Å²) in [6.45, 7) is 6.49. The maximum absolute atomic E-state index is 12.2. The molecule has 3 heterocycles. The highest BCUT2D eigenvalue weighted by molar-refractivity contribution is 5.76. The fourth-order valence-electron chi connectivity index (χ4n) is 3.04. The smallest absolute Gasteiger partial charge is 0.222 e. The number of hydrogen-bond donors (Lipinski definition) is 1. The van der Waals surface area contributed by atoms with Gasteiger partial charge in [0.1, 0.15) is 5.76 Å². The SMILES string of the molecule is O=C(CC1CCNC1)N1CCN(Cc2ccco2)CC1. The van der Waals surface area contributed by atoms with Crippen LogP contribution in [0.2, 0.25) is 0 Å². The van der Waals surface area contributed by atoms with Gasteiger partial charge >= 0.3 is 0 Å². The van der Waals surface area contributed by atoms with Gasteiger partial charge in [-0.15, -0.1) is 0 Å². The fraction of sp³-hybridized carbons (Fsp3) is 0.667. The maximum atomic E-state index is 12.2. The number of piperazine rings is 1. The molecule has 20 heavy (non-hydrogen) atoms. The van der Waals surface area contributed by atoms with Crippen LogP contribution in [0, 0.1) is 5.92 Å². The molecule has 2 aliphatic heterocycles. The zero-order valence-electron chi connectivity index (χ0n) is 11.9. The number of nitrogens with one attached hydrogen (secondary N) is 1. The highest BCUT2D eigenvalue weighted by atomic mass is 16.3. The summed E-state index contributed by atoms with van der Waals surface area (Å²) < 4.78 is 5.37. The lowest BCUT2D eigenvalue weighted by Gasteiger charge is -2.34. The Morgan fingerprint density at radius 2 is 2.20 bits per heavy atom. The molecule has 5 heteroatoms. The largest absolute Gasteiger partial charge is 0.468 e. The summed E-state index contributed by atoms with van der Waals surface area (Å²) >= 11 is 0. The first-order chi connectivity index (χ1) is 9.81. The highest BCUT2D eigenvalue weighted by Gasteiger charge is 2.25. The van der Waals surface area contributed by atoms with E-state index in [1.165, 1.54) is 0 Å². The van der Waals surface area contributed by atoms with Crippen LogP contribution in [0.5, 0.6) is 0 Å². The molecule has 110 valence electrons. The summed E-state index contributed by atoms with van der Waals surface area (Å²) in [5.74, 6) is 1.88. The first-order valence-electron chi connectivity index (χ1n) is 7.54. The second-order valence-electron chi connectivity index (χ2n) is 5.80. The van der Waals surface area contributed by atoms with Gasteiger partial charge in [0.15, 0.2) is 0 Å². The van der Waals surface area contributed by atoms with Crippen molar-refractivity contribution in [2.24, 2.45) is 5.92 Å². The van der Waals surface area contributed by atoms with Crippen LogP contribution >= 0.6 is 0 Å². The van der Waals surface area contributed by atoms with Crippen LogP contribution in [0.15, 0.2) is 22.8 Å². The molecule has 1 atom stereocenters. The predicted octanol–water partition coefficient (Wildman–Crippen LogP) is 0.923. The lowest BCUT2D eigenvalue weighted by Crippen LogP contribution is -2.48. The summed E-state index contributed by atoms with van der Waals surface area (Å²) in [5, 5.41) is 3.32. The Morgan fingerprint density at radius 1 is 1.35 bits per heavy atom. The van der Waals surface area contributed by atoms with Gasteiger partial charge in [-0.05, 0) is 37.6 Å². The Bertz CT molecular complexity index is 418. The van der Waals surface area contributed by atoms with E-state index in [0.717, 1.165) is 58.0 Å². The van der Waals surface area contributed by atoms with Crippen molar-refractivity contribution in [1.82, 2.24) is 15.1 Å². The molecular weight excluding hydrogens is 254 g/mol. The predicted molar refractivity (Wildman–Crippen MR) is 76.2 cm³/mol. The Kier molecular flexibility index (Phi) is 4.38. The van der Waals surface area contributed by atoms with Gasteiger partial charge in [-0.1, -0.05) is 0 Å². The van der Waals surface area contributed by atoms with E-state index in [2.05, 4.69) is 10.2 Å². The van der Waals surface area contributed by atoms with Crippen molar-refractivity contribution in [3.05, 3.63) is 24.2 Å². The van der Waals surface area contributed by atoms with Gasteiger partial charge in [-0.2, -0.15) is 0 Å². The summed E-state index contributed by atoms with van der Waals surface area (Å²) in [6.07, 6.45) is 3.57. The first-order valence-corrected chi connectivity index (χ1v) is 7.54. The van der Waals surface area contributed by atoms with Crippen LogP contribution in [0.25, 0.3) is 0 Å². The number of carbonyl (C=O) groups excluding carboxylic acids is 1. The van der Waals surface area contributed by atoms with Crippen LogP contribution in [0.1, 0.15) is 18.6 Å². The molecule has 1 unspecified atom stereocenters. The Morgan fingerprint density at radius 3 is 2.85 bits per heavy atom. The molecule has 3 rings (SSSR count). The highest BCUT2D eigenvalue weighted by Crippen LogP contribution is 2.15. The third-order valence-electron chi connectivity index (χ3n) is 4.31. The first kappa shape index (κ1) is 13.6. The molecule has 2 aliphatic rings. The molecule has 0 aliphatic carbocycles. The number of nitrogens with zero attached hydrogens (tertiary/aromatic N) is 2. The van der Waals surface area contributed by atoms with Crippen molar-refractivity contribution in [3.8, 4) is 0 Å². The van der Waals surface area contributed by atoms with E-state index in [1.807, 2.05) is 17.0 Å². The minimum absolute atomic E-state index is 0.330. The second-order valence-corrected chi connectivity index (χ2v) is 5.80. The van der Waals surface area contributed by atoms with Crippen molar-refractivity contribution >= 4 is 5.91 Å². The zero-order valence-corrected chi connectivity index (χ0v) is 11.9. The Balaban J connectivity index is 1.42. The topological polar surface area (TPSA) is 48.7 Å². The van der Waals surface area contributed by atoms with Gasteiger partial charge in [0.25, 0.3) is 0 Å². The number of hydrogen-bond acceptors (Lipinski definition) is 4. The zero-order chi connectivity index (χ0) is 13.8. The van der Waals surface area contributed by atoms with Crippen LogP contribution < -0.4 is 5.32 Å². The minimum atomic E-state index is 0.330.